The van der Waals surface area contributed by atoms with Crippen LogP contribution < -0.4 is 0 Å². The molecule has 0 heterocycles. The summed E-state index contributed by atoms with van der Waals surface area (Å²) in [5.41, 5.74) is 0. The molecule has 0 aliphatic rings. The predicted molar refractivity (Wildman–Crippen MR) is 53.4 cm³/mol. The van der Waals surface area contributed by atoms with Crippen molar-refractivity contribution < 1.29 is 24.5 Å². The van der Waals surface area contributed by atoms with Gasteiger partial charge < -0.3 is 14.9 Å². The zero-order chi connectivity index (χ0) is 11.5. The highest BCUT2D eigenvalue weighted by Crippen LogP contribution is 2.04. The lowest BCUT2D eigenvalue weighted by atomic mass is 10.1. The van der Waals surface area contributed by atoms with Crippen LogP contribution in [0.4, 0.5) is 0 Å². The molecule has 5 nitrogen and oxygen atoms in total. The van der Waals surface area contributed by atoms with E-state index in [9.17, 15) is 9.59 Å². The Morgan fingerprint density at radius 3 is 2.27 bits per heavy atom. The zero-order valence-corrected chi connectivity index (χ0v) is 8.78. The maximum Gasteiger partial charge on any atom is 0.305 e. The number of carbonyl (C=O) groups is 2. The Hall–Kier alpha value is -1.10. The molecule has 0 radical (unpaired) electrons. The minimum atomic E-state index is -0.805. The van der Waals surface area contributed by atoms with Gasteiger partial charge in [0.05, 0.1) is 6.61 Å². The van der Waals surface area contributed by atoms with Crippen LogP contribution in [0.25, 0.3) is 0 Å². The van der Waals surface area contributed by atoms with E-state index < -0.39 is 5.97 Å². The van der Waals surface area contributed by atoms with E-state index in [1.807, 2.05) is 0 Å². The van der Waals surface area contributed by atoms with E-state index in [1.54, 1.807) is 0 Å². The summed E-state index contributed by atoms with van der Waals surface area (Å²) in [4.78, 5) is 21.2. The summed E-state index contributed by atoms with van der Waals surface area (Å²) in [6.07, 6.45) is 2.92. The SMILES string of the molecule is O=C(O)CCCCCC(=O)OCCCO. The first-order valence-corrected chi connectivity index (χ1v) is 5.15. The molecule has 15 heavy (non-hydrogen) atoms. The van der Waals surface area contributed by atoms with E-state index in [-0.39, 0.29) is 25.6 Å². The van der Waals surface area contributed by atoms with Gasteiger partial charge in [-0.1, -0.05) is 6.42 Å². The number of unbranched alkanes of at least 4 members (excludes halogenated alkanes) is 2. The van der Waals surface area contributed by atoms with Gasteiger partial charge in [-0.2, -0.15) is 0 Å². The molecule has 0 rings (SSSR count). The summed E-state index contributed by atoms with van der Waals surface area (Å²) < 4.78 is 4.79. The lowest BCUT2D eigenvalue weighted by Crippen LogP contribution is -2.06. The third kappa shape index (κ3) is 10.8. The highest BCUT2D eigenvalue weighted by Gasteiger charge is 2.02. The second-order valence-electron chi connectivity index (χ2n) is 3.25. The van der Waals surface area contributed by atoms with Crippen LogP contribution >= 0.6 is 0 Å². The maximum atomic E-state index is 11.0. The number of aliphatic carboxylic acids is 1. The fourth-order valence-electron chi connectivity index (χ4n) is 1.05. The van der Waals surface area contributed by atoms with Crippen LogP contribution in [0.1, 0.15) is 38.5 Å². The third-order valence-electron chi connectivity index (χ3n) is 1.84. The fraction of sp³-hybridized carbons (Fsp3) is 0.800. The van der Waals surface area contributed by atoms with Crippen molar-refractivity contribution in [1.29, 1.82) is 0 Å². The van der Waals surface area contributed by atoms with Gasteiger partial charge in [0.2, 0.25) is 0 Å². The Kier molecular flexibility index (Phi) is 8.76. The lowest BCUT2D eigenvalue weighted by molar-refractivity contribution is -0.144. The monoisotopic (exact) mass is 218 g/mol. The van der Waals surface area contributed by atoms with Crippen LogP contribution in [0.15, 0.2) is 0 Å². The minimum Gasteiger partial charge on any atom is -0.481 e. The number of rotatable bonds is 9. The van der Waals surface area contributed by atoms with Gasteiger partial charge in [-0.3, -0.25) is 9.59 Å². The normalized spacial score (nSPS) is 9.93. The molecule has 2 N–H and O–H groups in total. The van der Waals surface area contributed by atoms with Crippen LogP contribution in [-0.2, 0) is 14.3 Å². The van der Waals surface area contributed by atoms with Crippen molar-refractivity contribution in [3.8, 4) is 0 Å². The summed E-state index contributed by atoms with van der Waals surface area (Å²) in [5.74, 6) is -1.08. The number of hydrogen-bond donors (Lipinski definition) is 2. The minimum absolute atomic E-state index is 0.0197. The van der Waals surface area contributed by atoms with Gasteiger partial charge in [-0.15, -0.1) is 0 Å². The second-order valence-corrected chi connectivity index (χ2v) is 3.25. The first-order valence-electron chi connectivity index (χ1n) is 5.15. The van der Waals surface area contributed by atoms with E-state index in [2.05, 4.69) is 0 Å². The van der Waals surface area contributed by atoms with Gasteiger partial charge >= 0.3 is 11.9 Å². The number of hydrogen-bond acceptors (Lipinski definition) is 4. The average molecular weight is 218 g/mol. The third-order valence-corrected chi connectivity index (χ3v) is 1.84. The van der Waals surface area contributed by atoms with E-state index in [4.69, 9.17) is 14.9 Å². The summed E-state index contributed by atoms with van der Waals surface area (Å²) in [6.45, 7) is 0.274. The Morgan fingerprint density at radius 1 is 1.00 bits per heavy atom. The van der Waals surface area contributed by atoms with Crippen LogP contribution in [0, 0.1) is 0 Å². The van der Waals surface area contributed by atoms with Gasteiger partial charge in [0.15, 0.2) is 0 Å². The first-order chi connectivity index (χ1) is 7.16. The van der Waals surface area contributed by atoms with Gasteiger partial charge in [0.1, 0.15) is 0 Å². The number of esters is 1. The van der Waals surface area contributed by atoms with Crippen molar-refractivity contribution in [1.82, 2.24) is 0 Å². The van der Waals surface area contributed by atoms with Crippen LogP contribution in [0.5, 0.6) is 0 Å². The summed E-state index contributed by atoms with van der Waals surface area (Å²) in [5, 5.41) is 16.8. The molecule has 0 aliphatic carbocycles. The van der Waals surface area contributed by atoms with Gasteiger partial charge in [-0.25, -0.2) is 0 Å². The molecule has 0 spiro atoms. The summed E-state index contributed by atoms with van der Waals surface area (Å²) in [6, 6.07) is 0. The summed E-state index contributed by atoms with van der Waals surface area (Å²) in [7, 11) is 0. The van der Waals surface area contributed by atoms with Crippen molar-refractivity contribution in [3.05, 3.63) is 0 Å². The standard InChI is InChI=1S/C10H18O5/c11-7-4-8-15-10(14)6-3-1-2-5-9(12)13/h11H,1-8H2,(H,12,13). The number of carboxylic acids is 1. The molecule has 0 aromatic heterocycles. The smallest absolute Gasteiger partial charge is 0.305 e. The Morgan fingerprint density at radius 2 is 1.67 bits per heavy atom. The molecule has 0 atom stereocenters. The van der Waals surface area contributed by atoms with Crippen LogP contribution in [0.2, 0.25) is 0 Å². The van der Waals surface area contributed by atoms with Crippen molar-refractivity contribution in [3.63, 3.8) is 0 Å². The number of aliphatic hydroxyl groups excluding tert-OH is 1. The Bertz CT molecular complexity index is 190. The molecule has 5 heteroatoms. The molecule has 88 valence electrons. The van der Waals surface area contributed by atoms with Gasteiger partial charge in [0.25, 0.3) is 0 Å². The molecule has 0 aliphatic heterocycles. The second kappa shape index (κ2) is 9.45. The molecule has 0 bridgehead atoms. The number of carboxylic acid groups (broad SMARTS) is 1. The van der Waals surface area contributed by atoms with E-state index in [0.29, 0.717) is 25.7 Å². The maximum absolute atomic E-state index is 11.0. The molecule has 0 unspecified atom stereocenters. The number of ether oxygens (including phenoxy) is 1. The first kappa shape index (κ1) is 13.9. The molecule has 0 saturated carbocycles. The molecule has 0 aromatic rings. The molecular weight excluding hydrogens is 200 g/mol. The predicted octanol–water partition coefficient (Wildman–Crippen LogP) is 0.947. The highest BCUT2D eigenvalue weighted by atomic mass is 16.5. The number of carbonyl (C=O) groups excluding carboxylic acids is 1. The quantitative estimate of drug-likeness (QED) is 0.444. The molecule has 0 saturated heterocycles. The Balaban J connectivity index is 3.20. The highest BCUT2D eigenvalue weighted by molar-refractivity contribution is 5.69. The van der Waals surface area contributed by atoms with Crippen molar-refractivity contribution in [2.45, 2.75) is 38.5 Å². The zero-order valence-electron chi connectivity index (χ0n) is 8.78. The van der Waals surface area contributed by atoms with Gasteiger partial charge in [-0.05, 0) is 12.8 Å². The molecular formula is C10H18O5. The molecule has 0 aromatic carbocycles. The van der Waals surface area contributed by atoms with Crippen LogP contribution in [0.3, 0.4) is 0 Å². The van der Waals surface area contributed by atoms with Crippen molar-refractivity contribution >= 4 is 11.9 Å². The summed E-state index contributed by atoms with van der Waals surface area (Å²) >= 11 is 0. The fourth-order valence-corrected chi connectivity index (χ4v) is 1.05. The van der Waals surface area contributed by atoms with E-state index in [0.717, 1.165) is 6.42 Å². The Labute approximate surface area is 89.0 Å². The molecule has 0 amide bonds. The largest absolute Gasteiger partial charge is 0.481 e. The topological polar surface area (TPSA) is 83.8 Å². The van der Waals surface area contributed by atoms with E-state index in [1.165, 1.54) is 0 Å². The lowest BCUT2D eigenvalue weighted by Gasteiger charge is -2.02. The van der Waals surface area contributed by atoms with Crippen molar-refractivity contribution in [2.75, 3.05) is 13.2 Å². The van der Waals surface area contributed by atoms with Crippen LogP contribution in [-0.4, -0.2) is 35.4 Å². The van der Waals surface area contributed by atoms with Crippen molar-refractivity contribution in [2.24, 2.45) is 0 Å². The van der Waals surface area contributed by atoms with E-state index >= 15 is 0 Å². The number of aliphatic hydroxyl groups is 1. The molecule has 0 fully saturated rings. The van der Waals surface area contributed by atoms with Gasteiger partial charge in [0, 0.05) is 25.9 Å². The average Bonchev–Trinajstić information content (AvgIpc) is 2.17.